The van der Waals surface area contributed by atoms with Crippen LogP contribution in [-0.2, 0) is 0 Å². The van der Waals surface area contributed by atoms with Crippen LogP contribution in [0.15, 0.2) is 30.3 Å². The molecule has 1 aromatic carbocycles. The summed E-state index contributed by atoms with van der Waals surface area (Å²) in [5, 5.41) is 20.0. The van der Waals surface area contributed by atoms with Gasteiger partial charge in [0.1, 0.15) is 28.7 Å². The Labute approximate surface area is 190 Å². The standard InChI is InChI=1S/C23H16F3N5OS/c1-12-6-15(14(3)31(12)22-17(11-28)7-13(2)33-22)8-16(10-27)21-29-19-5-4-18(9-20(19)30-21)32-23(24,25)26/h4-9H,1-3H3,(H,29,30)/b16-8+. The molecule has 3 heterocycles. The molecule has 0 aliphatic rings. The summed E-state index contributed by atoms with van der Waals surface area (Å²) in [5.74, 6) is -0.151. The Morgan fingerprint density at radius 3 is 2.61 bits per heavy atom. The lowest BCUT2D eigenvalue weighted by Crippen LogP contribution is -2.16. The van der Waals surface area contributed by atoms with Crippen LogP contribution in [0.3, 0.4) is 0 Å². The van der Waals surface area contributed by atoms with Crippen molar-refractivity contribution in [3.05, 3.63) is 63.5 Å². The Bertz CT molecular complexity index is 1490. The number of aromatic amines is 1. The molecule has 0 fully saturated rings. The van der Waals surface area contributed by atoms with Gasteiger partial charge in [0.05, 0.1) is 22.2 Å². The number of allylic oxidation sites excluding steroid dienone is 1. The van der Waals surface area contributed by atoms with E-state index < -0.39 is 6.36 Å². The smallest absolute Gasteiger partial charge is 0.406 e. The van der Waals surface area contributed by atoms with E-state index in [1.54, 1.807) is 6.08 Å². The molecule has 0 saturated heterocycles. The third-order valence-corrected chi connectivity index (χ3v) is 6.03. The highest BCUT2D eigenvalue weighted by Gasteiger charge is 2.31. The van der Waals surface area contributed by atoms with Crippen LogP contribution in [-0.4, -0.2) is 20.9 Å². The first-order valence-electron chi connectivity index (χ1n) is 9.67. The molecule has 0 atom stereocenters. The number of rotatable bonds is 4. The van der Waals surface area contributed by atoms with E-state index in [0.29, 0.717) is 16.6 Å². The summed E-state index contributed by atoms with van der Waals surface area (Å²) in [4.78, 5) is 8.24. The average Bonchev–Trinajstić information content (AvgIpc) is 3.39. The first kappa shape index (κ1) is 22.2. The average molecular weight is 467 g/mol. The van der Waals surface area contributed by atoms with Gasteiger partial charge in [-0.1, -0.05) is 0 Å². The predicted octanol–water partition coefficient (Wildman–Crippen LogP) is 6.17. The van der Waals surface area contributed by atoms with Crippen molar-refractivity contribution in [1.82, 2.24) is 14.5 Å². The molecule has 3 aromatic heterocycles. The number of hydrogen-bond acceptors (Lipinski definition) is 5. The predicted molar refractivity (Wildman–Crippen MR) is 119 cm³/mol. The molecule has 1 N–H and O–H groups in total. The minimum Gasteiger partial charge on any atom is -0.406 e. The van der Waals surface area contributed by atoms with Crippen molar-refractivity contribution >= 4 is 34.0 Å². The Hall–Kier alpha value is -4.02. The van der Waals surface area contributed by atoms with Gasteiger partial charge < -0.3 is 14.3 Å². The Kier molecular flexibility index (Phi) is 5.48. The Balaban J connectivity index is 1.75. The third kappa shape index (κ3) is 4.34. The maximum Gasteiger partial charge on any atom is 0.573 e. The number of ether oxygens (including phenoxy) is 1. The minimum atomic E-state index is -4.80. The maximum atomic E-state index is 12.5. The zero-order chi connectivity index (χ0) is 23.9. The normalized spacial score (nSPS) is 12.1. The van der Waals surface area contributed by atoms with Gasteiger partial charge in [-0.05, 0) is 56.7 Å². The molecular weight excluding hydrogens is 451 g/mol. The number of aryl methyl sites for hydroxylation is 2. The van der Waals surface area contributed by atoms with Crippen molar-refractivity contribution in [2.24, 2.45) is 0 Å². The van der Waals surface area contributed by atoms with Crippen LogP contribution in [0.2, 0.25) is 0 Å². The fourth-order valence-electron chi connectivity index (χ4n) is 3.62. The van der Waals surface area contributed by atoms with Gasteiger partial charge in [-0.2, -0.15) is 10.5 Å². The summed E-state index contributed by atoms with van der Waals surface area (Å²) in [5.41, 5.74) is 4.01. The van der Waals surface area contributed by atoms with E-state index in [1.165, 1.54) is 29.5 Å². The highest BCUT2D eigenvalue weighted by atomic mass is 32.1. The number of nitrogens with zero attached hydrogens (tertiary/aromatic N) is 4. The second-order valence-corrected chi connectivity index (χ2v) is 8.57. The number of alkyl halides is 3. The van der Waals surface area contributed by atoms with E-state index in [-0.39, 0.29) is 17.1 Å². The molecule has 4 aromatic rings. The number of hydrogen-bond donors (Lipinski definition) is 1. The molecule has 6 nitrogen and oxygen atoms in total. The monoisotopic (exact) mass is 467 g/mol. The van der Waals surface area contributed by atoms with Crippen LogP contribution in [0, 0.1) is 43.4 Å². The van der Waals surface area contributed by atoms with Crippen molar-refractivity contribution in [3.63, 3.8) is 0 Å². The lowest BCUT2D eigenvalue weighted by atomic mass is 10.1. The first-order valence-corrected chi connectivity index (χ1v) is 10.5. The van der Waals surface area contributed by atoms with Crippen molar-refractivity contribution in [2.75, 3.05) is 0 Å². The van der Waals surface area contributed by atoms with Gasteiger partial charge in [0.25, 0.3) is 0 Å². The zero-order valence-corrected chi connectivity index (χ0v) is 18.5. The fourth-order valence-corrected chi connectivity index (χ4v) is 4.69. The highest BCUT2D eigenvalue weighted by Crippen LogP contribution is 2.32. The molecule has 4 rings (SSSR count). The van der Waals surface area contributed by atoms with Gasteiger partial charge in [0.15, 0.2) is 0 Å². The number of aromatic nitrogens is 3. The van der Waals surface area contributed by atoms with Crippen LogP contribution >= 0.6 is 11.3 Å². The van der Waals surface area contributed by atoms with E-state index in [0.717, 1.165) is 26.8 Å². The van der Waals surface area contributed by atoms with Gasteiger partial charge in [-0.15, -0.1) is 24.5 Å². The number of H-pyrrole nitrogens is 1. The molecule has 0 amide bonds. The molecule has 0 saturated carbocycles. The van der Waals surface area contributed by atoms with Gasteiger partial charge in [0.2, 0.25) is 0 Å². The first-order chi connectivity index (χ1) is 15.6. The quantitative estimate of drug-likeness (QED) is 0.363. The number of imidazole rings is 1. The van der Waals surface area contributed by atoms with E-state index in [9.17, 15) is 23.7 Å². The van der Waals surface area contributed by atoms with Crippen molar-refractivity contribution in [1.29, 1.82) is 10.5 Å². The van der Waals surface area contributed by atoms with E-state index in [4.69, 9.17) is 0 Å². The summed E-state index contributed by atoms with van der Waals surface area (Å²) < 4.78 is 43.4. The molecule has 10 heteroatoms. The number of fused-ring (bicyclic) bond motifs is 1. The molecule has 0 aliphatic carbocycles. The van der Waals surface area contributed by atoms with Crippen LogP contribution in [0.5, 0.6) is 5.75 Å². The van der Waals surface area contributed by atoms with Crippen molar-refractivity contribution < 1.29 is 17.9 Å². The fraction of sp³-hybridized carbons (Fsp3) is 0.174. The van der Waals surface area contributed by atoms with Crippen LogP contribution in [0.25, 0.3) is 27.7 Å². The molecule has 0 unspecified atom stereocenters. The number of benzene rings is 1. The second-order valence-electron chi connectivity index (χ2n) is 7.33. The molecule has 33 heavy (non-hydrogen) atoms. The molecule has 0 bridgehead atoms. The molecule has 0 aliphatic heterocycles. The molecule has 0 spiro atoms. The number of thiophene rings is 1. The van der Waals surface area contributed by atoms with Crippen molar-refractivity contribution in [2.45, 2.75) is 27.1 Å². The van der Waals surface area contributed by atoms with Crippen molar-refractivity contribution in [3.8, 4) is 22.9 Å². The third-order valence-electron chi connectivity index (χ3n) is 4.99. The lowest BCUT2D eigenvalue weighted by Gasteiger charge is -2.07. The van der Waals surface area contributed by atoms with Crippen LogP contribution < -0.4 is 4.74 Å². The summed E-state index contributed by atoms with van der Waals surface area (Å²) >= 11 is 1.51. The Morgan fingerprint density at radius 2 is 1.94 bits per heavy atom. The van der Waals surface area contributed by atoms with Crippen LogP contribution in [0.4, 0.5) is 13.2 Å². The highest BCUT2D eigenvalue weighted by molar-refractivity contribution is 7.14. The van der Waals surface area contributed by atoms with Gasteiger partial charge in [-0.3, -0.25) is 0 Å². The zero-order valence-electron chi connectivity index (χ0n) is 17.7. The van der Waals surface area contributed by atoms with Gasteiger partial charge in [0, 0.05) is 22.3 Å². The lowest BCUT2D eigenvalue weighted by molar-refractivity contribution is -0.274. The molecule has 0 radical (unpaired) electrons. The summed E-state index contributed by atoms with van der Waals surface area (Å²) in [6.07, 6.45) is -3.14. The Morgan fingerprint density at radius 1 is 1.18 bits per heavy atom. The van der Waals surface area contributed by atoms with E-state index in [2.05, 4.69) is 26.8 Å². The SMILES string of the molecule is Cc1cc(C#N)c(-n2c(C)cc(/C=C(\C#N)c3nc4ccc(OC(F)(F)F)cc4[nH]3)c2C)s1. The summed E-state index contributed by atoms with van der Waals surface area (Å²) in [7, 11) is 0. The van der Waals surface area contributed by atoms with E-state index in [1.807, 2.05) is 37.5 Å². The topological polar surface area (TPSA) is 90.4 Å². The van der Waals surface area contributed by atoms with Gasteiger partial charge >= 0.3 is 6.36 Å². The van der Waals surface area contributed by atoms with E-state index >= 15 is 0 Å². The number of nitrogens with one attached hydrogen (secondary N) is 1. The summed E-state index contributed by atoms with van der Waals surface area (Å²) in [6, 6.07) is 11.8. The summed E-state index contributed by atoms with van der Waals surface area (Å²) in [6.45, 7) is 5.74. The molecule has 166 valence electrons. The maximum absolute atomic E-state index is 12.5. The second kappa shape index (κ2) is 8.15. The number of nitriles is 2. The largest absolute Gasteiger partial charge is 0.573 e. The number of halogens is 3. The van der Waals surface area contributed by atoms with Crippen LogP contribution in [0.1, 0.15) is 33.2 Å². The molecular formula is C23H16F3N5OS. The minimum absolute atomic E-state index is 0.215. The van der Waals surface area contributed by atoms with Gasteiger partial charge in [-0.25, -0.2) is 4.98 Å².